The van der Waals surface area contributed by atoms with Gasteiger partial charge in [-0.2, -0.15) is 0 Å². The predicted octanol–water partition coefficient (Wildman–Crippen LogP) is 5.76. The van der Waals surface area contributed by atoms with Gasteiger partial charge in [-0.3, -0.25) is 0 Å². The normalized spacial score (nSPS) is 20.1. The Balaban J connectivity index is 2.06. The highest BCUT2D eigenvalue weighted by Gasteiger charge is 2.45. The van der Waals surface area contributed by atoms with Crippen LogP contribution in [0.15, 0.2) is 66.7 Å². The van der Waals surface area contributed by atoms with Gasteiger partial charge in [-0.1, -0.05) is 73.8 Å². The highest BCUT2D eigenvalue weighted by Crippen LogP contribution is 2.52. The quantitative estimate of drug-likeness (QED) is 0.307. The summed E-state index contributed by atoms with van der Waals surface area (Å²) >= 11 is 0. The van der Waals surface area contributed by atoms with Gasteiger partial charge in [-0.25, -0.2) is 0 Å². The van der Waals surface area contributed by atoms with E-state index in [9.17, 15) is 4.57 Å². The maximum Gasteiger partial charge on any atom is 0.127 e. The first-order chi connectivity index (χ1) is 13.8. The van der Waals surface area contributed by atoms with Gasteiger partial charge >= 0.3 is 0 Å². The molecule has 0 aliphatic carbocycles. The van der Waals surface area contributed by atoms with Crippen LogP contribution < -0.4 is 15.2 Å². The SMILES string of the molecule is COc1ccc2ccccc2c1-c1c2c(cc3ccccc13)[Si](C)(C)CP2(C)=O. The highest BCUT2D eigenvalue weighted by atomic mass is 31.2. The van der Waals surface area contributed by atoms with E-state index in [0.29, 0.717) is 0 Å². The van der Waals surface area contributed by atoms with Gasteiger partial charge in [-0.15, -0.1) is 0 Å². The molecule has 5 rings (SSSR count). The molecule has 146 valence electrons. The van der Waals surface area contributed by atoms with Crippen LogP contribution in [0.2, 0.25) is 13.1 Å². The van der Waals surface area contributed by atoms with Crippen LogP contribution >= 0.6 is 7.14 Å². The van der Waals surface area contributed by atoms with E-state index in [-0.39, 0.29) is 0 Å². The Morgan fingerprint density at radius 2 is 1.48 bits per heavy atom. The number of benzene rings is 4. The Morgan fingerprint density at radius 3 is 2.17 bits per heavy atom. The van der Waals surface area contributed by atoms with E-state index in [4.69, 9.17) is 4.74 Å². The first kappa shape index (κ1) is 18.7. The summed E-state index contributed by atoms with van der Waals surface area (Å²) in [5.41, 5.74) is 2.20. The molecule has 1 heterocycles. The average molecular weight is 417 g/mol. The van der Waals surface area contributed by atoms with E-state index >= 15 is 0 Å². The third-order valence-electron chi connectivity index (χ3n) is 6.28. The molecule has 1 unspecified atom stereocenters. The minimum absolute atomic E-state index is 0.839. The molecule has 2 nitrogen and oxygen atoms in total. The first-order valence-electron chi connectivity index (χ1n) is 10.0. The van der Waals surface area contributed by atoms with Crippen molar-refractivity contribution in [3.05, 3.63) is 66.7 Å². The summed E-state index contributed by atoms with van der Waals surface area (Å²) in [6.45, 7) is 6.70. The Morgan fingerprint density at radius 1 is 0.862 bits per heavy atom. The number of hydrogen-bond acceptors (Lipinski definition) is 2. The molecule has 4 aromatic rings. The largest absolute Gasteiger partial charge is 0.496 e. The first-order valence-corrected chi connectivity index (χ1v) is 15.6. The van der Waals surface area contributed by atoms with E-state index < -0.39 is 15.2 Å². The second kappa shape index (κ2) is 6.32. The van der Waals surface area contributed by atoms with Crippen molar-refractivity contribution in [1.82, 2.24) is 0 Å². The van der Waals surface area contributed by atoms with E-state index in [2.05, 4.69) is 73.8 Å². The van der Waals surface area contributed by atoms with Crippen molar-refractivity contribution in [2.75, 3.05) is 19.6 Å². The lowest BCUT2D eigenvalue weighted by molar-refractivity contribution is 0.417. The van der Waals surface area contributed by atoms with Crippen LogP contribution in [0.1, 0.15) is 0 Å². The molecule has 1 aliphatic heterocycles. The van der Waals surface area contributed by atoms with Crippen molar-refractivity contribution in [1.29, 1.82) is 0 Å². The molecule has 1 atom stereocenters. The molecule has 4 heteroatoms. The molecule has 0 saturated heterocycles. The van der Waals surface area contributed by atoms with Crippen LogP contribution in [-0.2, 0) is 4.57 Å². The third-order valence-corrected chi connectivity index (χ3v) is 15.3. The number of ether oxygens (including phenoxy) is 1. The zero-order chi connectivity index (χ0) is 20.4. The summed E-state index contributed by atoms with van der Waals surface area (Å²) in [5.74, 6) is 1.68. The van der Waals surface area contributed by atoms with Gasteiger partial charge in [0.2, 0.25) is 0 Å². The van der Waals surface area contributed by atoms with Gasteiger partial charge < -0.3 is 9.30 Å². The average Bonchev–Trinajstić information content (AvgIpc) is 2.89. The summed E-state index contributed by atoms with van der Waals surface area (Å²) in [7, 11) is -2.52. The fourth-order valence-corrected chi connectivity index (χ4v) is 16.8. The van der Waals surface area contributed by atoms with Crippen LogP contribution in [0.4, 0.5) is 0 Å². The molecule has 0 bridgehead atoms. The predicted molar refractivity (Wildman–Crippen MR) is 129 cm³/mol. The molecule has 0 aromatic heterocycles. The van der Waals surface area contributed by atoms with Crippen LogP contribution in [0.25, 0.3) is 32.7 Å². The van der Waals surface area contributed by atoms with E-state index in [1.54, 1.807) is 7.11 Å². The second-order valence-corrected chi connectivity index (χ2v) is 17.1. The van der Waals surface area contributed by atoms with E-state index in [0.717, 1.165) is 38.7 Å². The third kappa shape index (κ3) is 2.72. The lowest BCUT2D eigenvalue weighted by atomic mass is 9.93. The van der Waals surface area contributed by atoms with Gasteiger partial charge in [0.05, 0.1) is 15.2 Å². The Bertz CT molecular complexity index is 1340. The van der Waals surface area contributed by atoms with Gasteiger partial charge in [0, 0.05) is 22.2 Å². The van der Waals surface area contributed by atoms with Crippen molar-refractivity contribution >= 4 is 47.3 Å². The smallest absolute Gasteiger partial charge is 0.127 e. The fraction of sp³-hybridized carbons (Fsp3) is 0.200. The van der Waals surface area contributed by atoms with Gasteiger partial charge in [-0.05, 0) is 39.5 Å². The minimum atomic E-state index is -2.46. The zero-order valence-electron chi connectivity index (χ0n) is 17.3. The van der Waals surface area contributed by atoms with Crippen molar-refractivity contribution in [3.8, 4) is 16.9 Å². The molecule has 1 aliphatic rings. The molecule has 0 saturated carbocycles. The topological polar surface area (TPSA) is 26.3 Å². The molecule has 0 amide bonds. The number of methoxy groups -OCH3 is 1. The van der Waals surface area contributed by atoms with Crippen molar-refractivity contribution in [2.45, 2.75) is 13.1 Å². The van der Waals surface area contributed by atoms with Crippen LogP contribution in [0.5, 0.6) is 5.75 Å². The second-order valence-electron chi connectivity index (χ2n) is 8.88. The summed E-state index contributed by atoms with van der Waals surface area (Å²) < 4.78 is 19.9. The number of fused-ring (bicyclic) bond motifs is 3. The van der Waals surface area contributed by atoms with Gasteiger partial charge in [0.1, 0.15) is 12.9 Å². The minimum Gasteiger partial charge on any atom is -0.496 e. The zero-order valence-corrected chi connectivity index (χ0v) is 19.2. The molecular weight excluding hydrogens is 391 g/mol. The Hall–Kier alpha value is -2.35. The molecular formula is C25H25O2PSi. The van der Waals surface area contributed by atoms with Crippen LogP contribution in [0.3, 0.4) is 0 Å². The van der Waals surface area contributed by atoms with Gasteiger partial charge in [0.15, 0.2) is 0 Å². The summed E-state index contributed by atoms with van der Waals surface area (Å²) in [6, 6.07) is 23.4. The maximum atomic E-state index is 14.0. The molecule has 0 spiro atoms. The Labute approximate surface area is 172 Å². The standard InChI is InChI=1S/C25H25O2PSi/c1-27-21-14-13-17-9-5-7-11-19(17)23(21)24-20-12-8-6-10-18(20)15-22-25(24)28(2,26)16-29(22,3)4/h5-15H,16H2,1-4H3. The molecule has 0 radical (unpaired) electrons. The molecule has 0 N–H and O–H groups in total. The molecule has 29 heavy (non-hydrogen) atoms. The number of rotatable bonds is 2. The Kier molecular flexibility index (Phi) is 4.07. The highest BCUT2D eigenvalue weighted by molar-refractivity contribution is 7.76. The molecule has 4 aromatic carbocycles. The lowest BCUT2D eigenvalue weighted by Crippen LogP contribution is -2.44. The van der Waals surface area contributed by atoms with Crippen LogP contribution in [0, 0.1) is 0 Å². The lowest BCUT2D eigenvalue weighted by Gasteiger charge is -2.21. The summed E-state index contributed by atoms with van der Waals surface area (Å²) in [6.07, 6.45) is 0. The monoisotopic (exact) mass is 416 g/mol. The van der Waals surface area contributed by atoms with Crippen LogP contribution in [-0.4, -0.2) is 27.6 Å². The van der Waals surface area contributed by atoms with E-state index in [1.807, 2.05) is 12.7 Å². The maximum absolute atomic E-state index is 14.0. The fourth-order valence-electron chi connectivity index (χ4n) is 5.19. The molecule has 0 fully saturated rings. The van der Waals surface area contributed by atoms with Crippen molar-refractivity contribution in [3.63, 3.8) is 0 Å². The van der Waals surface area contributed by atoms with Crippen molar-refractivity contribution < 1.29 is 9.30 Å². The van der Waals surface area contributed by atoms with E-state index in [1.165, 1.54) is 16.0 Å². The van der Waals surface area contributed by atoms with Gasteiger partial charge in [0.25, 0.3) is 0 Å². The number of hydrogen-bond donors (Lipinski definition) is 0. The van der Waals surface area contributed by atoms with Crippen molar-refractivity contribution in [2.24, 2.45) is 0 Å². The summed E-state index contributed by atoms with van der Waals surface area (Å²) in [4.78, 5) is 0. The summed E-state index contributed by atoms with van der Waals surface area (Å²) in [5, 5.41) is 7.16.